The van der Waals surface area contributed by atoms with Gasteiger partial charge in [0, 0.05) is 41.0 Å². The molecule has 0 spiro atoms. The van der Waals surface area contributed by atoms with Gasteiger partial charge in [0.05, 0.1) is 7.11 Å². The van der Waals surface area contributed by atoms with Gasteiger partial charge >= 0.3 is 0 Å². The van der Waals surface area contributed by atoms with E-state index in [4.69, 9.17) is 4.74 Å². The van der Waals surface area contributed by atoms with E-state index >= 15 is 0 Å². The van der Waals surface area contributed by atoms with E-state index in [0.717, 1.165) is 61.3 Å². The van der Waals surface area contributed by atoms with Crippen LogP contribution < -0.4 is 10.1 Å². The molecular formula is C29H41N3O2. The molecule has 0 fully saturated rings. The van der Waals surface area contributed by atoms with E-state index in [0.29, 0.717) is 6.42 Å². The summed E-state index contributed by atoms with van der Waals surface area (Å²) in [5, 5.41) is 4.43. The summed E-state index contributed by atoms with van der Waals surface area (Å²) in [5.74, 6) is 0.792. The zero-order valence-corrected chi connectivity index (χ0v) is 21.5. The summed E-state index contributed by atoms with van der Waals surface area (Å²) in [7, 11) is 1.69. The minimum Gasteiger partial charge on any atom is -0.496 e. The smallest absolute Gasteiger partial charge is 0.221 e. The number of carbonyl (C=O) groups is 1. The summed E-state index contributed by atoms with van der Waals surface area (Å²) in [6.45, 7) is 11.9. The number of nitrogens with one attached hydrogen (secondary N) is 2. The Morgan fingerprint density at radius 3 is 2.53 bits per heavy atom. The molecule has 0 aliphatic heterocycles. The molecule has 0 unspecified atom stereocenters. The molecule has 34 heavy (non-hydrogen) atoms. The first-order valence-corrected chi connectivity index (χ1v) is 12.8. The Morgan fingerprint density at radius 1 is 1.06 bits per heavy atom. The third-order valence-corrected chi connectivity index (χ3v) is 6.91. The van der Waals surface area contributed by atoms with Crippen molar-refractivity contribution >= 4 is 16.8 Å². The van der Waals surface area contributed by atoms with Gasteiger partial charge in [-0.3, -0.25) is 4.79 Å². The van der Waals surface area contributed by atoms with Crippen LogP contribution in [-0.4, -0.2) is 48.6 Å². The molecule has 0 aliphatic rings. The van der Waals surface area contributed by atoms with Crippen LogP contribution in [0.25, 0.3) is 10.9 Å². The number of para-hydroxylation sites is 2. The van der Waals surface area contributed by atoms with Crippen molar-refractivity contribution in [2.45, 2.75) is 65.3 Å². The van der Waals surface area contributed by atoms with E-state index in [2.05, 4.69) is 73.4 Å². The largest absolute Gasteiger partial charge is 0.496 e. The Bertz CT molecular complexity index is 1050. The summed E-state index contributed by atoms with van der Waals surface area (Å²) in [6.07, 6.45) is 5.48. The lowest BCUT2D eigenvalue weighted by Gasteiger charge is -2.22. The second kappa shape index (κ2) is 12.6. The quantitative estimate of drug-likeness (QED) is 0.332. The first-order chi connectivity index (χ1) is 16.5. The molecule has 1 heterocycles. The molecule has 5 heteroatoms. The van der Waals surface area contributed by atoms with Crippen molar-refractivity contribution in [3.8, 4) is 5.75 Å². The minimum absolute atomic E-state index is 0.0761. The average molecular weight is 464 g/mol. The highest BCUT2D eigenvalue weighted by Gasteiger charge is 2.25. The third kappa shape index (κ3) is 6.20. The fraction of sp³-hybridized carbons (Fsp3) is 0.483. The number of H-pyrrole nitrogens is 1. The molecule has 3 rings (SSSR count). The fourth-order valence-electron chi connectivity index (χ4n) is 4.92. The van der Waals surface area contributed by atoms with Gasteiger partial charge in [0.15, 0.2) is 0 Å². The Hall–Kier alpha value is -2.79. The second-order valence-electron chi connectivity index (χ2n) is 9.07. The second-order valence-corrected chi connectivity index (χ2v) is 9.07. The van der Waals surface area contributed by atoms with Crippen molar-refractivity contribution < 1.29 is 9.53 Å². The highest BCUT2D eigenvalue weighted by atomic mass is 16.5. The molecule has 2 N–H and O–H groups in total. The highest BCUT2D eigenvalue weighted by Crippen LogP contribution is 2.38. The monoisotopic (exact) mass is 463 g/mol. The topological polar surface area (TPSA) is 57.4 Å². The number of aromatic nitrogens is 1. The Morgan fingerprint density at radius 2 is 1.82 bits per heavy atom. The number of fused-ring (bicyclic) bond motifs is 1. The number of aromatic amines is 1. The van der Waals surface area contributed by atoms with Crippen molar-refractivity contribution in [3.63, 3.8) is 0 Å². The predicted molar refractivity (Wildman–Crippen MR) is 142 cm³/mol. The molecule has 0 saturated carbocycles. The van der Waals surface area contributed by atoms with E-state index in [1.807, 2.05) is 18.2 Å². The first kappa shape index (κ1) is 25.8. The fourth-order valence-corrected chi connectivity index (χ4v) is 4.92. The molecular weight excluding hydrogens is 422 g/mol. The molecule has 0 bridgehead atoms. The van der Waals surface area contributed by atoms with Crippen molar-refractivity contribution in [2.24, 2.45) is 0 Å². The third-order valence-electron chi connectivity index (χ3n) is 6.91. The first-order valence-electron chi connectivity index (χ1n) is 12.8. The summed E-state index contributed by atoms with van der Waals surface area (Å²) in [4.78, 5) is 19.1. The van der Waals surface area contributed by atoms with E-state index in [-0.39, 0.29) is 17.9 Å². The van der Waals surface area contributed by atoms with Crippen molar-refractivity contribution in [1.29, 1.82) is 0 Å². The minimum atomic E-state index is -0.0973. The molecule has 184 valence electrons. The lowest BCUT2D eigenvalue weighted by Crippen LogP contribution is -2.34. The molecule has 2 aromatic carbocycles. The van der Waals surface area contributed by atoms with Gasteiger partial charge in [-0.2, -0.15) is 0 Å². The maximum absolute atomic E-state index is 13.2. The number of benzene rings is 2. The zero-order valence-electron chi connectivity index (χ0n) is 21.5. The zero-order chi connectivity index (χ0) is 24.5. The number of aryl methyl sites for hydroxylation is 1. The number of methoxy groups -OCH3 is 1. The van der Waals surface area contributed by atoms with Crippen molar-refractivity contribution in [3.05, 3.63) is 65.4 Å². The molecule has 2 atom stereocenters. The van der Waals surface area contributed by atoms with Crippen LogP contribution in [-0.2, 0) is 11.2 Å². The van der Waals surface area contributed by atoms with Crippen LogP contribution in [0.15, 0.2) is 48.7 Å². The van der Waals surface area contributed by atoms with Crippen molar-refractivity contribution in [1.82, 2.24) is 15.2 Å². The van der Waals surface area contributed by atoms with Gasteiger partial charge in [0.25, 0.3) is 0 Å². The maximum atomic E-state index is 13.2. The van der Waals surface area contributed by atoms with Crippen LogP contribution >= 0.6 is 0 Å². The van der Waals surface area contributed by atoms with Crippen LogP contribution in [0.4, 0.5) is 0 Å². The normalized spacial score (nSPS) is 13.2. The van der Waals surface area contributed by atoms with E-state index in [1.54, 1.807) is 7.11 Å². The standard InChI is InChI=1S/C29H41N3O2/c1-6-22-14-11-16-24-26(20-30-29(22)24)25(23-15-9-10-17-27(23)34-5)19-28(33)31-21(4)13-12-18-32(7-2)8-3/h9-11,14-17,20-21,25,30H,6-8,12-13,18-19H2,1-5H3,(H,31,33)/t21-,25+/m0/s1. The van der Waals surface area contributed by atoms with Gasteiger partial charge in [-0.25, -0.2) is 0 Å². The number of hydrogen-bond donors (Lipinski definition) is 2. The van der Waals surface area contributed by atoms with Crippen LogP contribution in [0.3, 0.4) is 0 Å². The van der Waals surface area contributed by atoms with Gasteiger partial charge < -0.3 is 19.9 Å². The summed E-state index contributed by atoms with van der Waals surface area (Å²) < 4.78 is 5.69. The van der Waals surface area contributed by atoms with E-state index < -0.39 is 0 Å². The predicted octanol–water partition coefficient (Wildman–Crippen LogP) is 5.89. The lowest BCUT2D eigenvalue weighted by atomic mass is 9.87. The number of carbonyl (C=O) groups excluding carboxylic acids is 1. The maximum Gasteiger partial charge on any atom is 0.221 e. The molecule has 0 aliphatic carbocycles. The molecule has 0 saturated heterocycles. The Labute approximate surface area is 204 Å². The number of ether oxygens (including phenoxy) is 1. The number of amides is 1. The van der Waals surface area contributed by atoms with Crippen LogP contribution in [0.2, 0.25) is 0 Å². The molecule has 1 aromatic heterocycles. The highest BCUT2D eigenvalue weighted by molar-refractivity contribution is 5.88. The number of nitrogens with zero attached hydrogens (tertiary/aromatic N) is 1. The molecule has 0 radical (unpaired) electrons. The Kier molecular flexibility index (Phi) is 9.58. The Balaban J connectivity index is 1.81. The molecule has 5 nitrogen and oxygen atoms in total. The van der Waals surface area contributed by atoms with E-state index in [9.17, 15) is 4.79 Å². The summed E-state index contributed by atoms with van der Waals surface area (Å²) in [6, 6.07) is 14.6. The van der Waals surface area contributed by atoms with Gasteiger partial charge in [-0.05, 0) is 63.0 Å². The van der Waals surface area contributed by atoms with E-state index in [1.165, 1.54) is 10.9 Å². The number of rotatable bonds is 13. The number of hydrogen-bond acceptors (Lipinski definition) is 3. The summed E-state index contributed by atoms with van der Waals surface area (Å²) in [5.41, 5.74) is 4.62. The van der Waals surface area contributed by atoms with Crippen LogP contribution in [0, 0.1) is 0 Å². The van der Waals surface area contributed by atoms with Gasteiger partial charge in [0.2, 0.25) is 5.91 Å². The lowest BCUT2D eigenvalue weighted by molar-refractivity contribution is -0.121. The molecule has 3 aromatic rings. The molecule has 1 amide bonds. The SMILES string of the molecule is CCc1cccc2c([C@H](CC(=O)N[C@@H](C)CCCN(CC)CC)c3ccccc3OC)c[nH]c12. The summed E-state index contributed by atoms with van der Waals surface area (Å²) >= 11 is 0. The van der Waals surface area contributed by atoms with Gasteiger partial charge in [0.1, 0.15) is 5.75 Å². The van der Waals surface area contributed by atoms with Crippen LogP contribution in [0.5, 0.6) is 5.75 Å². The van der Waals surface area contributed by atoms with Crippen molar-refractivity contribution in [2.75, 3.05) is 26.7 Å². The van der Waals surface area contributed by atoms with Crippen LogP contribution in [0.1, 0.15) is 69.6 Å². The van der Waals surface area contributed by atoms with Gasteiger partial charge in [-0.15, -0.1) is 0 Å². The van der Waals surface area contributed by atoms with Gasteiger partial charge in [-0.1, -0.05) is 57.2 Å². The average Bonchev–Trinajstić information content (AvgIpc) is 3.29.